The van der Waals surface area contributed by atoms with Gasteiger partial charge < -0.3 is 4.90 Å². The summed E-state index contributed by atoms with van der Waals surface area (Å²) in [6, 6.07) is 0.515. The molecule has 5 rings (SSSR count). The molecule has 0 aromatic carbocycles. The van der Waals surface area contributed by atoms with Gasteiger partial charge in [0.15, 0.2) is 0 Å². The summed E-state index contributed by atoms with van der Waals surface area (Å²) in [5, 5.41) is 0.898. The van der Waals surface area contributed by atoms with Crippen LogP contribution >= 0.6 is 11.3 Å². The average molecular weight is 429 g/mol. The molecule has 0 unspecified atom stereocenters. The van der Waals surface area contributed by atoms with E-state index in [-0.39, 0.29) is 5.56 Å². The number of aryl methyl sites for hydroxylation is 1. The fourth-order valence-electron chi connectivity index (χ4n) is 5.70. The van der Waals surface area contributed by atoms with Crippen LogP contribution < -0.4 is 5.56 Å². The summed E-state index contributed by atoms with van der Waals surface area (Å²) >= 11 is 1.73. The highest BCUT2D eigenvalue weighted by Crippen LogP contribution is 2.35. The zero-order chi connectivity index (χ0) is 20.5. The fraction of sp³-hybridized carbons (Fsp3) is 0.696. The molecular formula is C23H32N4O2S. The standard InChI is InChI=1S/C23H32N4O2S/c28-16-25-9-4-10-26(12-11-25)18-7-8-19-20(13-18)30-22-21(19)23(29)27(15-24-22)14-17-5-2-1-3-6-17/h15-18H,1-14H2/t18-/m1/s1. The van der Waals surface area contributed by atoms with Crippen molar-refractivity contribution in [3.8, 4) is 0 Å². The molecule has 2 aromatic heterocycles. The van der Waals surface area contributed by atoms with Crippen LogP contribution in [0.15, 0.2) is 11.1 Å². The van der Waals surface area contributed by atoms with Crippen molar-refractivity contribution in [3.63, 3.8) is 0 Å². The molecule has 7 heteroatoms. The topological polar surface area (TPSA) is 58.4 Å². The number of hydrogen-bond donors (Lipinski definition) is 0. The quantitative estimate of drug-likeness (QED) is 0.703. The normalized spacial score (nSPS) is 24.0. The number of aromatic nitrogens is 2. The Morgan fingerprint density at radius 2 is 1.93 bits per heavy atom. The smallest absolute Gasteiger partial charge is 0.262 e. The van der Waals surface area contributed by atoms with Gasteiger partial charge in [-0.05, 0) is 50.0 Å². The molecule has 6 nitrogen and oxygen atoms in total. The second-order valence-electron chi connectivity index (χ2n) is 9.32. The third kappa shape index (κ3) is 3.94. The lowest BCUT2D eigenvalue weighted by Gasteiger charge is -2.33. The molecule has 1 saturated carbocycles. The van der Waals surface area contributed by atoms with Crippen LogP contribution in [-0.4, -0.2) is 58.0 Å². The van der Waals surface area contributed by atoms with Crippen LogP contribution in [-0.2, 0) is 24.2 Å². The number of hydrogen-bond acceptors (Lipinski definition) is 5. The number of fused-ring (bicyclic) bond motifs is 3. The van der Waals surface area contributed by atoms with Gasteiger partial charge in [0, 0.05) is 43.6 Å². The molecule has 0 spiro atoms. The predicted molar refractivity (Wildman–Crippen MR) is 120 cm³/mol. The van der Waals surface area contributed by atoms with Gasteiger partial charge in [-0.25, -0.2) is 4.98 Å². The Bertz CT molecular complexity index is 962. The molecule has 3 heterocycles. The van der Waals surface area contributed by atoms with Gasteiger partial charge in [0.25, 0.3) is 5.56 Å². The molecule has 30 heavy (non-hydrogen) atoms. The van der Waals surface area contributed by atoms with Gasteiger partial charge in [-0.2, -0.15) is 0 Å². The fourth-order valence-corrected chi connectivity index (χ4v) is 6.95. The van der Waals surface area contributed by atoms with Crippen LogP contribution in [0.25, 0.3) is 10.2 Å². The first-order valence-electron chi connectivity index (χ1n) is 11.7. The highest BCUT2D eigenvalue weighted by molar-refractivity contribution is 7.18. The van der Waals surface area contributed by atoms with Crippen molar-refractivity contribution in [1.82, 2.24) is 19.4 Å². The molecule has 3 aliphatic rings. The Morgan fingerprint density at radius 3 is 2.77 bits per heavy atom. The van der Waals surface area contributed by atoms with Crippen molar-refractivity contribution in [3.05, 3.63) is 27.1 Å². The first-order chi connectivity index (χ1) is 14.7. The Kier molecular flexibility index (Phi) is 5.92. The van der Waals surface area contributed by atoms with Crippen LogP contribution in [0.3, 0.4) is 0 Å². The molecule has 0 bridgehead atoms. The number of amides is 1. The van der Waals surface area contributed by atoms with Crippen molar-refractivity contribution in [2.24, 2.45) is 5.92 Å². The second-order valence-corrected chi connectivity index (χ2v) is 10.4. The van der Waals surface area contributed by atoms with E-state index in [2.05, 4.69) is 4.90 Å². The molecule has 2 fully saturated rings. The van der Waals surface area contributed by atoms with Crippen molar-refractivity contribution < 1.29 is 4.79 Å². The van der Waals surface area contributed by atoms with Crippen LogP contribution in [0.5, 0.6) is 0 Å². The maximum absolute atomic E-state index is 13.3. The maximum atomic E-state index is 13.3. The van der Waals surface area contributed by atoms with E-state index < -0.39 is 0 Å². The Morgan fingerprint density at radius 1 is 1.07 bits per heavy atom. The van der Waals surface area contributed by atoms with E-state index in [1.807, 2.05) is 9.47 Å². The third-order valence-electron chi connectivity index (χ3n) is 7.42. The summed E-state index contributed by atoms with van der Waals surface area (Å²) in [6.07, 6.45) is 13.3. The maximum Gasteiger partial charge on any atom is 0.262 e. The van der Waals surface area contributed by atoms with E-state index in [1.165, 1.54) is 42.5 Å². The zero-order valence-electron chi connectivity index (χ0n) is 17.7. The Labute approximate surface area is 181 Å². The summed E-state index contributed by atoms with van der Waals surface area (Å²) in [4.78, 5) is 35.9. The molecule has 1 amide bonds. The Hall–Kier alpha value is -1.73. The van der Waals surface area contributed by atoms with Crippen LogP contribution in [0, 0.1) is 5.92 Å². The lowest BCUT2D eigenvalue weighted by atomic mass is 9.89. The minimum atomic E-state index is 0.179. The minimum Gasteiger partial charge on any atom is -0.344 e. The van der Waals surface area contributed by atoms with Gasteiger partial charge in [-0.3, -0.25) is 19.1 Å². The first kappa shape index (κ1) is 20.2. The summed E-state index contributed by atoms with van der Waals surface area (Å²) in [7, 11) is 0. The van der Waals surface area contributed by atoms with Gasteiger partial charge in [0.05, 0.1) is 11.7 Å². The number of rotatable bonds is 4. The number of carbonyl (C=O) groups is 1. The summed E-state index contributed by atoms with van der Waals surface area (Å²) in [6.45, 7) is 4.53. The SMILES string of the molecule is O=CN1CCCN([C@@H]2CCc3c(sc4ncn(CC5CCCCC5)c(=O)c34)C2)CC1. The average Bonchev–Trinajstić information content (AvgIpc) is 2.98. The van der Waals surface area contributed by atoms with E-state index >= 15 is 0 Å². The van der Waals surface area contributed by atoms with Gasteiger partial charge in [0.2, 0.25) is 6.41 Å². The second kappa shape index (κ2) is 8.79. The van der Waals surface area contributed by atoms with Crippen molar-refractivity contribution in [2.75, 3.05) is 26.2 Å². The molecule has 1 atom stereocenters. The molecule has 0 N–H and O–H groups in total. The molecule has 162 valence electrons. The minimum absolute atomic E-state index is 0.179. The number of nitrogens with zero attached hydrogens (tertiary/aromatic N) is 4. The molecule has 1 saturated heterocycles. The molecule has 1 aliphatic heterocycles. The zero-order valence-corrected chi connectivity index (χ0v) is 18.5. The van der Waals surface area contributed by atoms with E-state index in [1.54, 1.807) is 17.7 Å². The highest BCUT2D eigenvalue weighted by atomic mass is 32.1. The molecule has 2 aliphatic carbocycles. The lowest BCUT2D eigenvalue weighted by Crippen LogP contribution is -2.41. The summed E-state index contributed by atoms with van der Waals surface area (Å²) in [5.41, 5.74) is 1.45. The van der Waals surface area contributed by atoms with E-state index in [0.29, 0.717) is 12.0 Å². The van der Waals surface area contributed by atoms with E-state index in [0.717, 1.165) is 75.0 Å². The van der Waals surface area contributed by atoms with E-state index in [4.69, 9.17) is 4.98 Å². The van der Waals surface area contributed by atoms with Gasteiger partial charge in [0.1, 0.15) is 4.83 Å². The lowest BCUT2D eigenvalue weighted by molar-refractivity contribution is -0.118. The van der Waals surface area contributed by atoms with Crippen LogP contribution in [0.2, 0.25) is 0 Å². The van der Waals surface area contributed by atoms with E-state index in [9.17, 15) is 9.59 Å². The number of carbonyl (C=O) groups excluding carboxylic acids is 1. The van der Waals surface area contributed by atoms with Crippen molar-refractivity contribution in [2.45, 2.75) is 70.4 Å². The molecule has 0 radical (unpaired) electrons. The monoisotopic (exact) mass is 428 g/mol. The van der Waals surface area contributed by atoms with Crippen molar-refractivity contribution >= 4 is 28.0 Å². The highest BCUT2D eigenvalue weighted by Gasteiger charge is 2.29. The Balaban J connectivity index is 1.36. The van der Waals surface area contributed by atoms with Crippen molar-refractivity contribution in [1.29, 1.82) is 0 Å². The largest absolute Gasteiger partial charge is 0.344 e. The number of thiophene rings is 1. The predicted octanol–water partition coefficient (Wildman–Crippen LogP) is 3.06. The summed E-state index contributed by atoms with van der Waals surface area (Å²) < 4.78 is 1.89. The first-order valence-corrected chi connectivity index (χ1v) is 12.5. The van der Waals surface area contributed by atoms with Crippen LogP contribution in [0.4, 0.5) is 0 Å². The molecule has 2 aromatic rings. The third-order valence-corrected chi connectivity index (χ3v) is 8.58. The van der Waals surface area contributed by atoms with Gasteiger partial charge >= 0.3 is 0 Å². The van der Waals surface area contributed by atoms with Gasteiger partial charge in [-0.15, -0.1) is 11.3 Å². The van der Waals surface area contributed by atoms with Gasteiger partial charge in [-0.1, -0.05) is 19.3 Å². The van der Waals surface area contributed by atoms with Crippen LogP contribution in [0.1, 0.15) is 55.4 Å². The molecular weight excluding hydrogens is 396 g/mol. The summed E-state index contributed by atoms with van der Waals surface area (Å²) in [5.74, 6) is 0.628.